The molecule has 2 aromatic rings. The number of nitrogens with one attached hydrogen (secondary N) is 2. The second-order valence-corrected chi connectivity index (χ2v) is 5.46. The van der Waals surface area contributed by atoms with Gasteiger partial charge >= 0.3 is 0 Å². The maximum atomic E-state index is 13.0. The van der Waals surface area contributed by atoms with Gasteiger partial charge in [-0.1, -0.05) is 0 Å². The van der Waals surface area contributed by atoms with Gasteiger partial charge in [0.1, 0.15) is 11.5 Å². The molecule has 8 heteroatoms. The van der Waals surface area contributed by atoms with Crippen LogP contribution in [0.1, 0.15) is 23.3 Å². The fraction of sp³-hybridized carbons (Fsp3) is 0.312. The van der Waals surface area contributed by atoms with Gasteiger partial charge in [0.2, 0.25) is 0 Å². The standard InChI is InChI=1S/C16H17FN4O2.ClH/c17-11-3-5-13(6-4-11)21-15(22)8-7-14(20-21)16(23)19-12-2-1-9-18-10-12;/h3-8,12,18H,1-2,9-10H2,(H,19,23);1H/t12-;/m0./s1. The van der Waals surface area contributed by atoms with E-state index in [0.717, 1.165) is 30.6 Å². The van der Waals surface area contributed by atoms with Crippen molar-refractivity contribution in [1.82, 2.24) is 20.4 Å². The number of aromatic nitrogens is 2. The zero-order valence-electron chi connectivity index (χ0n) is 12.9. The van der Waals surface area contributed by atoms with E-state index in [-0.39, 0.29) is 35.6 Å². The predicted octanol–water partition coefficient (Wildman–Crippen LogP) is 1.28. The van der Waals surface area contributed by atoms with Crippen LogP contribution >= 0.6 is 12.4 Å². The Morgan fingerprint density at radius 2 is 2.00 bits per heavy atom. The van der Waals surface area contributed by atoms with E-state index in [4.69, 9.17) is 0 Å². The molecule has 1 aromatic heterocycles. The first-order valence-corrected chi connectivity index (χ1v) is 7.51. The highest BCUT2D eigenvalue weighted by molar-refractivity contribution is 5.92. The van der Waals surface area contributed by atoms with Gasteiger partial charge in [-0.2, -0.15) is 9.78 Å². The van der Waals surface area contributed by atoms with Crippen molar-refractivity contribution in [3.8, 4) is 5.69 Å². The molecule has 3 rings (SSSR count). The van der Waals surface area contributed by atoms with E-state index >= 15 is 0 Å². The SMILES string of the molecule is Cl.O=C(N[C@H]1CCCNC1)c1ccc(=O)n(-c2ccc(F)cc2)n1. The number of nitrogens with zero attached hydrogens (tertiary/aromatic N) is 2. The number of amides is 1. The normalized spacial score (nSPS) is 17.0. The van der Waals surface area contributed by atoms with Crippen molar-refractivity contribution in [1.29, 1.82) is 0 Å². The molecule has 1 fully saturated rings. The van der Waals surface area contributed by atoms with Gasteiger partial charge in [0.05, 0.1) is 5.69 Å². The first-order chi connectivity index (χ1) is 11.1. The Bertz CT molecular complexity index is 757. The zero-order valence-corrected chi connectivity index (χ0v) is 13.7. The Balaban J connectivity index is 0.00000208. The molecule has 128 valence electrons. The molecule has 0 saturated carbocycles. The molecule has 24 heavy (non-hydrogen) atoms. The van der Waals surface area contributed by atoms with Crippen LogP contribution in [-0.4, -0.2) is 34.8 Å². The number of piperidine rings is 1. The minimum Gasteiger partial charge on any atom is -0.347 e. The zero-order chi connectivity index (χ0) is 16.2. The van der Waals surface area contributed by atoms with Crippen LogP contribution in [0.2, 0.25) is 0 Å². The first-order valence-electron chi connectivity index (χ1n) is 7.51. The van der Waals surface area contributed by atoms with Crippen molar-refractivity contribution in [2.75, 3.05) is 13.1 Å². The molecule has 1 atom stereocenters. The Morgan fingerprint density at radius 1 is 1.25 bits per heavy atom. The molecule has 6 nitrogen and oxygen atoms in total. The highest BCUT2D eigenvalue weighted by Gasteiger charge is 2.18. The van der Waals surface area contributed by atoms with Gasteiger partial charge < -0.3 is 10.6 Å². The fourth-order valence-electron chi connectivity index (χ4n) is 2.53. The van der Waals surface area contributed by atoms with Crippen molar-refractivity contribution in [2.45, 2.75) is 18.9 Å². The minimum atomic E-state index is -0.402. The van der Waals surface area contributed by atoms with Crippen LogP contribution < -0.4 is 16.2 Å². The largest absolute Gasteiger partial charge is 0.347 e. The lowest BCUT2D eigenvalue weighted by molar-refractivity contribution is 0.0924. The molecule has 1 amide bonds. The summed E-state index contributed by atoms with van der Waals surface area (Å²) in [5, 5.41) is 10.2. The van der Waals surface area contributed by atoms with E-state index in [1.165, 1.54) is 36.4 Å². The fourth-order valence-corrected chi connectivity index (χ4v) is 2.53. The lowest BCUT2D eigenvalue weighted by Crippen LogP contribution is -2.46. The summed E-state index contributed by atoms with van der Waals surface area (Å²) < 4.78 is 14.1. The average molecular weight is 353 g/mol. The summed E-state index contributed by atoms with van der Waals surface area (Å²) >= 11 is 0. The molecule has 0 spiro atoms. The Hall–Kier alpha value is -2.25. The number of halogens is 2. The molecule has 1 aliphatic heterocycles. The topological polar surface area (TPSA) is 76.0 Å². The van der Waals surface area contributed by atoms with Gasteiger partial charge in [0, 0.05) is 18.7 Å². The number of rotatable bonds is 3. The Kier molecular flexibility index (Phi) is 6.05. The van der Waals surface area contributed by atoms with E-state index in [2.05, 4.69) is 15.7 Å². The minimum absolute atomic E-state index is 0. The van der Waals surface area contributed by atoms with Gasteiger partial charge in [-0.3, -0.25) is 9.59 Å². The van der Waals surface area contributed by atoms with Crippen LogP contribution in [-0.2, 0) is 0 Å². The summed E-state index contributed by atoms with van der Waals surface area (Å²) in [6.45, 7) is 1.68. The van der Waals surface area contributed by atoms with E-state index in [1.54, 1.807) is 0 Å². The van der Waals surface area contributed by atoms with Crippen molar-refractivity contribution in [3.63, 3.8) is 0 Å². The highest BCUT2D eigenvalue weighted by atomic mass is 35.5. The van der Waals surface area contributed by atoms with Crippen molar-refractivity contribution < 1.29 is 9.18 Å². The predicted molar refractivity (Wildman–Crippen MR) is 90.4 cm³/mol. The molecule has 2 N–H and O–H groups in total. The third-order valence-electron chi connectivity index (χ3n) is 3.74. The molecule has 0 aliphatic carbocycles. The Labute approximate surface area is 144 Å². The Morgan fingerprint density at radius 3 is 2.67 bits per heavy atom. The number of benzene rings is 1. The summed E-state index contributed by atoms with van der Waals surface area (Å²) in [6.07, 6.45) is 1.92. The maximum Gasteiger partial charge on any atom is 0.272 e. The number of hydrogen-bond acceptors (Lipinski definition) is 4. The lowest BCUT2D eigenvalue weighted by Gasteiger charge is -2.23. The van der Waals surface area contributed by atoms with Gasteiger partial charge in [-0.15, -0.1) is 12.4 Å². The van der Waals surface area contributed by atoms with Crippen molar-refractivity contribution >= 4 is 18.3 Å². The van der Waals surface area contributed by atoms with Gasteiger partial charge in [-0.25, -0.2) is 4.39 Å². The smallest absolute Gasteiger partial charge is 0.272 e. The molecule has 2 heterocycles. The molecule has 0 radical (unpaired) electrons. The molecule has 0 bridgehead atoms. The summed E-state index contributed by atoms with van der Waals surface area (Å²) in [6, 6.07) is 8.10. The van der Waals surface area contributed by atoms with Crippen LogP contribution in [0, 0.1) is 5.82 Å². The number of carbonyl (C=O) groups is 1. The summed E-state index contributed by atoms with van der Waals surface area (Å²) in [5.41, 5.74) is 0.178. The second-order valence-electron chi connectivity index (χ2n) is 5.46. The molecule has 1 aliphatic rings. The van der Waals surface area contributed by atoms with Crippen LogP contribution in [0.4, 0.5) is 4.39 Å². The van der Waals surface area contributed by atoms with E-state index in [1.807, 2.05) is 0 Å². The molecular formula is C16H18ClFN4O2. The third kappa shape index (κ3) is 4.18. The van der Waals surface area contributed by atoms with Crippen molar-refractivity contribution in [3.05, 3.63) is 58.3 Å². The summed E-state index contributed by atoms with van der Waals surface area (Å²) in [4.78, 5) is 24.2. The number of carbonyl (C=O) groups excluding carboxylic acids is 1. The van der Waals surface area contributed by atoms with Gasteiger partial charge in [-0.05, 0) is 49.7 Å². The quantitative estimate of drug-likeness (QED) is 0.872. The second kappa shape index (κ2) is 8.03. The lowest BCUT2D eigenvalue weighted by atomic mass is 10.1. The molecule has 0 unspecified atom stereocenters. The van der Waals surface area contributed by atoms with Gasteiger partial charge in [0.15, 0.2) is 0 Å². The molecular weight excluding hydrogens is 335 g/mol. The maximum absolute atomic E-state index is 13.0. The number of hydrogen-bond donors (Lipinski definition) is 2. The molecule has 1 saturated heterocycles. The van der Waals surface area contributed by atoms with Gasteiger partial charge in [0.25, 0.3) is 11.5 Å². The molecule has 1 aromatic carbocycles. The van der Waals surface area contributed by atoms with E-state index < -0.39 is 5.82 Å². The summed E-state index contributed by atoms with van der Waals surface area (Å²) in [5.74, 6) is -0.727. The van der Waals surface area contributed by atoms with Crippen LogP contribution in [0.3, 0.4) is 0 Å². The van der Waals surface area contributed by atoms with E-state index in [0.29, 0.717) is 5.69 Å². The van der Waals surface area contributed by atoms with Crippen molar-refractivity contribution in [2.24, 2.45) is 0 Å². The monoisotopic (exact) mass is 352 g/mol. The van der Waals surface area contributed by atoms with E-state index in [9.17, 15) is 14.0 Å². The van der Waals surface area contributed by atoms with Crippen LogP contribution in [0.25, 0.3) is 5.69 Å². The van der Waals surface area contributed by atoms with Crippen LogP contribution in [0.5, 0.6) is 0 Å². The van der Waals surface area contributed by atoms with Crippen LogP contribution in [0.15, 0.2) is 41.2 Å². The third-order valence-corrected chi connectivity index (χ3v) is 3.74. The first kappa shape index (κ1) is 18.1. The average Bonchev–Trinajstić information content (AvgIpc) is 2.57. The highest BCUT2D eigenvalue weighted by Crippen LogP contribution is 2.07. The summed E-state index contributed by atoms with van der Waals surface area (Å²) in [7, 11) is 0.